The van der Waals surface area contributed by atoms with E-state index in [9.17, 15) is 4.39 Å². The maximum absolute atomic E-state index is 14.1. The number of tetrazole rings is 1. The molecule has 1 aromatic heterocycles. The Morgan fingerprint density at radius 3 is 2.71 bits per heavy atom. The van der Waals surface area contributed by atoms with Crippen LogP contribution in [0, 0.1) is 12.7 Å². The average molecular weight is 348 g/mol. The van der Waals surface area contributed by atoms with Gasteiger partial charge in [0.2, 0.25) is 0 Å². The molecule has 7 heteroatoms. The molecule has 0 unspecified atom stereocenters. The fraction of sp³-hybridized carbons (Fsp3) is 0.0714. The van der Waals surface area contributed by atoms with E-state index in [1.807, 2.05) is 25.1 Å². The van der Waals surface area contributed by atoms with Gasteiger partial charge in [-0.25, -0.2) is 4.39 Å². The number of rotatable bonds is 2. The number of aromatic nitrogens is 4. The zero-order valence-electron chi connectivity index (χ0n) is 11.1. The van der Waals surface area contributed by atoms with Crippen molar-refractivity contribution in [3.8, 4) is 17.1 Å². The number of halogens is 2. The Labute approximate surface area is 128 Å². The summed E-state index contributed by atoms with van der Waals surface area (Å²) in [6, 6.07) is 10.1. The van der Waals surface area contributed by atoms with Crippen molar-refractivity contribution >= 4 is 21.6 Å². The smallest absolute Gasteiger partial charge is 0.190 e. The van der Waals surface area contributed by atoms with Crippen LogP contribution in [0.3, 0.4) is 0 Å². The van der Waals surface area contributed by atoms with Crippen LogP contribution in [0.2, 0.25) is 0 Å². The molecule has 0 saturated heterocycles. The number of nitrogen functional groups attached to an aromatic ring is 1. The normalized spacial score (nSPS) is 10.8. The molecule has 106 valence electrons. The highest BCUT2D eigenvalue weighted by Gasteiger charge is 2.15. The molecule has 0 spiro atoms. The summed E-state index contributed by atoms with van der Waals surface area (Å²) in [4.78, 5) is 0. The summed E-state index contributed by atoms with van der Waals surface area (Å²) in [5.41, 5.74) is 8.04. The van der Waals surface area contributed by atoms with Crippen LogP contribution in [0.4, 0.5) is 10.1 Å². The highest BCUT2D eigenvalue weighted by atomic mass is 79.9. The summed E-state index contributed by atoms with van der Waals surface area (Å²) < 4.78 is 16.5. The highest BCUT2D eigenvalue weighted by molar-refractivity contribution is 9.10. The maximum atomic E-state index is 14.1. The molecule has 1 heterocycles. The lowest BCUT2D eigenvalue weighted by Crippen LogP contribution is -2.01. The van der Waals surface area contributed by atoms with Crippen molar-refractivity contribution in [2.24, 2.45) is 0 Å². The van der Waals surface area contributed by atoms with Crippen LogP contribution in [0.5, 0.6) is 0 Å². The Bertz CT molecular complexity index is 815. The minimum atomic E-state index is -0.461. The molecule has 5 nitrogen and oxygen atoms in total. The van der Waals surface area contributed by atoms with Gasteiger partial charge in [-0.05, 0) is 53.2 Å². The molecule has 0 atom stereocenters. The maximum Gasteiger partial charge on any atom is 0.190 e. The third kappa shape index (κ3) is 2.52. The summed E-state index contributed by atoms with van der Waals surface area (Å²) >= 11 is 3.46. The molecule has 0 fully saturated rings. The van der Waals surface area contributed by atoms with E-state index < -0.39 is 5.82 Å². The minimum absolute atomic E-state index is 0.297. The van der Waals surface area contributed by atoms with Crippen LogP contribution in [0.15, 0.2) is 40.9 Å². The Kier molecular flexibility index (Phi) is 3.42. The summed E-state index contributed by atoms with van der Waals surface area (Å²) in [6.07, 6.45) is 0. The van der Waals surface area contributed by atoms with E-state index >= 15 is 0 Å². The second-order valence-electron chi connectivity index (χ2n) is 4.59. The van der Waals surface area contributed by atoms with Crippen LogP contribution in [-0.4, -0.2) is 20.2 Å². The predicted octanol–water partition coefficient (Wildman–Crippen LogP) is 3.12. The summed E-state index contributed by atoms with van der Waals surface area (Å²) in [5.74, 6) is -0.138. The van der Waals surface area contributed by atoms with Gasteiger partial charge in [0.05, 0.1) is 11.3 Å². The SMILES string of the molecule is Cc1ccc(-n2nnnc2-c2ccc(N)cc2F)cc1Br. The Hall–Kier alpha value is -2.28. The lowest BCUT2D eigenvalue weighted by Gasteiger charge is -2.07. The number of nitrogens with zero attached hydrogens (tertiary/aromatic N) is 4. The van der Waals surface area contributed by atoms with Gasteiger partial charge in [0.15, 0.2) is 5.82 Å². The van der Waals surface area contributed by atoms with Gasteiger partial charge in [-0.1, -0.05) is 22.0 Å². The second kappa shape index (κ2) is 5.25. The van der Waals surface area contributed by atoms with Crippen LogP contribution >= 0.6 is 15.9 Å². The molecule has 0 aliphatic carbocycles. The lowest BCUT2D eigenvalue weighted by atomic mass is 10.1. The molecule has 21 heavy (non-hydrogen) atoms. The van der Waals surface area contributed by atoms with E-state index in [4.69, 9.17) is 5.73 Å². The molecule has 0 aliphatic heterocycles. The molecule has 3 rings (SSSR count). The molecule has 0 amide bonds. The van der Waals surface area contributed by atoms with Gasteiger partial charge in [-0.2, -0.15) is 4.68 Å². The molecule has 2 aromatic carbocycles. The standard InChI is InChI=1S/C14H11BrFN5/c1-8-2-4-10(7-12(8)15)21-14(18-19-20-21)11-5-3-9(17)6-13(11)16/h2-7H,17H2,1H3. The fourth-order valence-electron chi connectivity index (χ4n) is 1.96. The first-order valence-corrected chi connectivity index (χ1v) is 6.96. The van der Waals surface area contributed by atoms with Crippen LogP contribution < -0.4 is 5.73 Å². The minimum Gasteiger partial charge on any atom is -0.399 e. The lowest BCUT2D eigenvalue weighted by molar-refractivity contribution is 0.629. The molecule has 0 radical (unpaired) electrons. The summed E-state index contributed by atoms with van der Waals surface area (Å²) in [6.45, 7) is 1.98. The van der Waals surface area contributed by atoms with Gasteiger partial charge in [0, 0.05) is 10.2 Å². The van der Waals surface area contributed by atoms with Crippen molar-refractivity contribution in [2.45, 2.75) is 6.92 Å². The van der Waals surface area contributed by atoms with Crippen molar-refractivity contribution in [2.75, 3.05) is 5.73 Å². The third-order valence-electron chi connectivity index (χ3n) is 3.10. The fourth-order valence-corrected chi connectivity index (χ4v) is 2.32. The molecule has 0 bridgehead atoms. The highest BCUT2D eigenvalue weighted by Crippen LogP contribution is 2.26. The van der Waals surface area contributed by atoms with Crippen molar-refractivity contribution < 1.29 is 4.39 Å². The average Bonchev–Trinajstić information content (AvgIpc) is 2.91. The topological polar surface area (TPSA) is 69.6 Å². The van der Waals surface area contributed by atoms with E-state index in [0.717, 1.165) is 15.7 Å². The van der Waals surface area contributed by atoms with E-state index in [1.165, 1.54) is 10.7 Å². The van der Waals surface area contributed by atoms with Crippen molar-refractivity contribution in [1.29, 1.82) is 0 Å². The Balaban J connectivity index is 2.14. The molecular weight excluding hydrogens is 337 g/mol. The van der Waals surface area contributed by atoms with Gasteiger partial charge < -0.3 is 5.73 Å². The summed E-state index contributed by atoms with van der Waals surface area (Å²) in [7, 11) is 0. The number of nitrogens with two attached hydrogens (primary N) is 1. The Morgan fingerprint density at radius 1 is 1.19 bits per heavy atom. The molecule has 0 aliphatic rings. The van der Waals surface area contributed by atoms with Gasteiger partial charge in [-0.15, -0.1) is 5.10 Å². The number of hydrogen-bond acceptors (Lipinski definition) is 4. The molecule has 2 N–H and O–H groups in total. The van der Waals surface area contributed by atoms with E-state index in [-0.39, 0.29) is 0 Å². The molecule has 0 saturated carbocycles. The first-order chi connectivity index (χ1) is 10.1. The van der Waals surface area contributed by atoms with Gasteiger partial charge in [-0.3, -0.25) is 0 Å². The van der Waals surface area contributed by atoms with Crippen molar-refractivity contribution in [3.63, 3.8) is 0 Å². The van der Waals surface area contributed by atoms with E-state index in [1.54, 1.807) is 12.1 Å². The number of hydrogen-bond donors (Lipinski definition) is 1. The van der Waals surface area contributed by atoms with E-state index in [0.29, 0.717) is 17.1 Å². The number of anilines is 1. The van der Waals surface area contributed by atoms with Crippen molar-refractivity contribution in [1.82, 2.24) is 20.2 Å². The first-order valence-electron chi connectivity index (χ1n) is 6.16. The quantitative estimate of drug-likeness (QED) is 0.723. The monoisotopic (exact) mass is 347 g/mol. The molecular formula is C14H11BrFN5. The van der Waals surface area contributed by atoms with Gasteiger partial charge >= 0.3 is 0 Å². The number of benzene rings is 2. The Morgan fingerprint density at radius 2 is 2.00 bits per heavy atom. The van der Waals surface area contributed by atoms with Gasteiger partial charge in [0.25, 0.3) is 0 Å². The predicted molar refractivity (Wildman–Crippen MR) is 81.4 cm³/mol. The van der Waals surface area contributed by atoms with Gasteiger partial charge in [0.1, 0.15) is 5.82 Å². The van der Waals surface area contributed by atoms with Crippen molar-refractivity contribution in [3.05, 3.63) is 52.3 Å². The van der Waals surface area contributed by atoms with Crippen LogP contribution in [-0.2, 0) is 0 Å². The summed E-state index contributed by atoms with van der Waals surface area (Å²) in [5, 5.41) is 11.5. The zero-order chi connectivity index (χ0) is 15.0. The zero-order valence-corrected chi connectivity index (χ0v) is 12.7. The number of aryl methyl sites for hydroxylation is 1. The van der Waals surface area contributed by atoms with Crippen LogP contribution in [0.25, 0.3) is 17.1 Å². The van der Waals surface area contributed by atoms with Crippen LogP contribution in [0.1, 0.15) is 5.56 Å². The largest absolute Gasteiger partial charge is 0.399 e. The molecule has 3 aromatic rings. The first kappa shape index (κ1) is 13.7. The third-order valence-corrected chi connectivity index (χ3v) is 3.96. The second-order valence-corrected chi connectivity index (χ2v) is 5.44. The van der Waals surface area contributed by atoms with E-state index in [2.05, 4.69) is 31.5 Å².